The molecule has 1 aliphatic rings. The molecule has 2 N–H and O–H groups in total. The minimum Gasteiger partial charge on any atom is -0.352 e. The van der Waals surface area contributed by atoms with Gasteiger partial charge in [-0.05, 0) is 18.2 Å². The number of aldehydes is 1. The number of carbonyl (C=O) groups excluding carboxylic acids is 3. The number of H-pyrrole nitrogens is 1. The largest absolute Gasteiger partial charge is 0.352 e. The maximum absolute atomic E-state index is 11.8. The highest BCUT2D eigenvalue weighted by atomic mass is 16.2. The van der Waals surface area contributed by atoms with Crippen molar-refractivity contribution in [3.05, 3.63) is 30.0 Å². The first-order chi connectivity index (χ1) is 9.19. The zero-order valence-corrected chi connectivity index (χ0v) is 9.97. The monoisotopic (exact) mass is 257 g/mol. The van der Waals surface area contributed by atoms with Crippen LogP contribution in [-0.2, 0) is 4.79 Å². The second kappa shape index (κ2) is 4.24. The van der Waals surface area contributed by atoms with E-state index >= 15 is 0 Å². The predicted octanol–water partition coefficient (Wildman–Crippen LogP) is 1.43. The van der Waals surface area contributed by atoms with Crippen LogP contribution in [-0.4, -0.2) is 29.8 Å². The lowest BCUT2D eigenvalue weighted by molar-refractivity contribution is -0.120. The van der Waals surface area contributed by atoms with Gasteiger partial charge in [0.15, 0.2) is 6.29 Å². The van der Waals surface area contributed by atoms with Crippen molar-refractivity contribution in [2.45, 2.75) is 6.42 Å². The van der Waals surface area contributed by atoms with Crippen LogP contribution >= 0.6 is 0 Å². The van der Waals surface area contributed by atoms with Crippen molar-refractivity contribution in [3.63, 3.8) is 0 Å². The molecular weight excluding hydrogens is 246 g/mol. The second-order valence-electron chi connectivity index (χ2n) is 4.34. The fourth-order valence-corrected chi connectivity index (χ4v) is 2.25. The molecule has 0 spiro atoms. The summed E-state index contributed by atoms with van der Waals surface area (Å²) < 4.78 is 0. The molecule has 1 aliphatic heterocycles. The van der Waals surface area contributed by atoms with Gasteiger partial charge in [0.05, 0.1) is 11.4 Å². The maximum Gasteiger partial charge on any atom is 0.328 e. The Morgan fingerprint density at radius 2 is 2.11 bits per heavy atom. The summed E-state index contributed by atoms with van der Waals surface area (Å²) in [5, 5.41) is 3.07. The van der Waals surface area contributed by atoms with Crippen LogP contribution in [0, 0.1) is 0 Å². The molecule has 2 heterocycles. The van der Waals surface area contributed by atoms with Gasteiger partial charge in [-0.25, -0.2) is 4.79 Å². The molecule has 0 aliphatic carbocycles. The van der Waals surface area contributed by atoms with E-state index in [1.54, 1.807) is 18.2 Å². The van der Waals surface area contributed by atoms with Crippen LogP contribution in [0.3, 0.4) is 0 Å². The van der Waals surface area contributed by atoms with Crippen molar-refractivity contribution in [2.75, 3.05) is 11.4 Å². The Balaban J connectivity index is 2.09. The molecule has 1 aromatic heterocycles. The number of hydrogen-bond donors (Lipinski definition) is 2. The van der Waals surface area contributed by atoms with E-state index < -0.39 is 6.03 Å². The Hall–Kier alpha value is -2.63. The van der Waals surface area contributed by atoms with Crippen LogP contribution in [0.1, 0.15) is 16.9 Å². The fourth-order valence-electron chi connectivity index (χ4n) is 2.25. The average molecular weight is 257 g/mol. The number of nitrogens with one attached hydrogen (secondary N) is 2. The van der Waals surface area contributed by atoms with Crippen LogP contribution in [0.25, 0.3) is 10.9 Å². The van der Waals surface area contributed by atoms with Gasteiger partial charge in [-0.15, -0.1) is 0 Å². The number of anilines is 1. The van der Waals surface area contributed by atoms with E-state index in [0.29, 0.717) is 17.9 Å². The SMILES string of the molecule is O=Cc1cc2c(N3CCC(=O)NC3=O)cccc2[nH]1. The van der Waals surface area contributed by atoms with E-state index in [2.05, 4.69) is 10.3 Å². The second-order valence-corrected chi connectivity index (χ2v) is 4.34. The summed E-state index contributed by atoms with van der Waals surface area (Å²) >= 11 is 0. The van der Waals surface area contributed by atoms with E-state index in [4.69, 9.17) is 0 Å². The summed E-state index contributed by atoms with van der Waals surface area (Å²) in [5.74, 6) is -0.268. The molecule has 6 heteroatoms. The van der Waals surface area contributed by atoms with Crippen molar-refractivity contribution < 1.29 is 14.4 Å². The summed E-state index contributed by atoms with van der Waals surface area (Å²) in [5.41, 5.74) is 1.92. The Bertz CT molecular complexity index is 689. The quantitative estimate of drug-likeness (QED) is 0.798. The van der Waals surface area contributed by atoms with Crippen LogP contribution in [0.2, 0.25) is 0 Å². The number of imide groups is 1. The summed E-state index contributed by atoms with van der Waals surface area (Å²) in [4.78, 5) is 38.3. The fraction of sp³-hybridized carbons (Fsp3) is 0.154. The van der Waals surface area contributed by atoms with Crippen LogP contribution < -0.4 is 10.2 Å². The van der Waals surface area contributed by atoms with Gasteiger partial charge in [-0.3, -0.25) is 19.8 Å². The topological polar surface area (TPSA) is 82.3 Å². The van der Waals surface area contributed by atoms with E-state index in [9.17, 15) is 14.4 Å². The van der Waals surface area contributed by atoms with Crippen molar-refractivity contribution >= 4 is 34.8 Å². The highest BCUT2D eigenvalue weighted by molar-refractivity contribution is 6.10. The third kappa shape index (κ3) is 1.87. The molecule has 19 heavy (non-hydrogen) atoms. The van der Waals surface area contributed by atoms with Crippen LogP contribution in [0.15, 0.2) is 24.3 Å². The molecule has 0 radical (unpaired) electrons. The van der Waals surface area contributed by atoms with Crippen LogP contribution in [0.4, 0.5) is 10.5 Å². The zero-order valence-electron chi connectivity index (χ0n) is 9.97. The Kier molecular flexibility index (Phi) is 2.56. The normalized spacial score (nSPS) is 15.7. The predicted molar refractivity (Wildman–Crippen MR) is 69.2 cm³/mol. The maximum atomic E-state index is 11.8. The Morgan fingerprint density at radius 3 is 2.84 bits per heavy atom. The molecule has 3 amide bonds. The smallest absolute Gasteiger partial charge is 0.328 e. The van der Waals surface area contributed by atoms with Gasteiger partial charge in [-0.1, -0.05) is 6.07 Å². The van der Waals surface area contributed by atoms with Gasteiger partial charge >= 0.3 is 6.03 Å². The molecule has 1 fully saturated rings. The standard InChI is InChI=1S/C13H11N3O3/c17-7-8-6-9-10(14-8)2-1-3-11(9)16-5-4-12(18)15-13(16)19/h1-3,6-7,14H,4-5H2,(H,15,18,19). The first kappa shape index (κ1) is 11.5. The summed E-state index contributed by atoms with van der Waals surface area (Å²) in [7, 11) is 0. The third-order valence-electron chi connectivity index (χ3n) is 3.13. The van der Waals surface area contributed by atoms with E-state index in [1.807, 2.05) is 6.07 Å². The molecule has 96 valence electrons. The van der Waals surface area contributed by atoms with E-state index in [-0.39, 0.29) is 12.3 Å². The lowest BCUT2D eigenvalue weighted by atomic mass is 10.1. The van der Waals surface area contributed by atoms with Crippen molar-refractivity contribution in [2.24, 2.45) is 0 Å². The molecule has 0 atom stereocenters. The van der Waals surface area contributed by atoms with Gasteiger partial charge in [0.2, 0.25) is 5.91 Å². The molecule has 0 bridgehead atoms. The number of amides is 3. The van der Waals surface area contributed by atoms with Crippen molar-refractivity contribution in [1.82, 2.24) is 10.3 Å². The van der Waals surface area contributed by atoms with Gasteiger partial charge in [0.25, 0.3) is 0 Å². The minimum absolute atomic E-state index is 0.268. The van der Waals surface area contributed by atoms with Crippen LogP contribution in [0.5, 0.6) is 0 Å². The number of urea groups is 1. The Morgan fingerprint density at radius 1 is 1.26 bits per heavy atom. The number of carbonyl (C=O) groups is 3. The number of aromatic nitrogens is 1. The molecule has 2 aromatic rings. The number of fused-ring (bicyclic) bond motifs is 1. The van der Waals surface area contributed by atoms with Gasteiger partial charge in [-0.2, -0.15) is 0 Å². The van der Waals surface area contributed by atoms with Gasteiger partial charge < -0.3 is 4.98 Å². The molecular formula is C13H11N3O3. The number of aromatic amines is 1. The summed E-state index contributed by atoms with van der Waals surface area (Å²) in [6, 6.07) is 6.69. The first-order valence-corrected chi connectivity index (χ1v) is 5.87. The third-order valence-corrected chi connectivity index (χ3v) is 3.13. The number of nitrogens with zero attached hydrogens (tertiary/aromatic N) is 1. The lowest BCUT2D eigenvalue weighted by Crippen LogP contribution is -2.49. The number of benzene rings is 1. The first-order valence-electron chi connectivity index (χ1n) is 5.87. The minimum atomic E-state index is -0.433. The molecule has 0 unspecified atom stereocenters. The van der Waals surface area contributed by atoms with Gasteiger partial charge in [0.1, 0.15) is 0 Å². The summed E-state index contributed by atoms with van der Waals surface area (Å²) in [6.07, 6.45) is 0.997. The molecule has 1 aromatic carbocycles. The lowest BCUT2D eigenvalue weighted by Gasteiger charge is -2.27. The molecule has 6 nitrogen and oxygen atoms in total. The number of rotatable bonds is 2. The summed E-state index contributed by atoms with van der Waals surface area (Å²) in [6.45, 7) is 0.339. The molecule has 3 rings (SSSR count). The van der Waals surface area contributed by atoms with E-state index in [1.165, 1.54) is 4.90 Å². The average Bonchev–Trinajstić information content (AvgIpc) is 2.82. The highest BCUT2D eigenvalue weighted by Crippen LogP contribution is 2.28. The van der Waals surface area contributed by atoms with E-state index in [0.717, 1.165) is 17.2 Å². The zero-order chi connectivity index (χ0) is 13.4. The molecule has 1 saturated heterocycles. The van der Waals surface area contributed by atoms with Crippen molar-refractivity contribution in [3.8, 4) is 0 Å². The van der Waals surface area contributed by atoms with Crippen molar-refractivity contribution in [1.29, 1.82) is 0 Å². The van der Waals surface area contributed by atoms with Gasteiger partial charge in [0, 0.05) is 23.9 Å². The highest BCUT2D eigenvalue weighted by Gasteiger charge is 2.25. The molecule has 0 saturated carbocycles. The number of hydrogen-bond acceptors (Lipinski definition) is 3. The Labute approximate surface area is 108 Å².